The van der Waals surface area contributed by atoms with E-state index in [1.54, 1.807) is 6.20 Å². The second-order valence-corrected chi connectivity index (χ2v) is 2.76. The fraction of sp³-hybridized carbons (Fsp3) is 0.429. The van der Waals surface area contributed by atoms with Crippen LogP contribution in [0.4, 0.5) is 0 Å². The van der Waals surface area contributed by atoms with Crippen LogP contribution in [0.2, 0.25) is 0 Å². The molecule has 11 heavy (non-hydrogen) atoms. The number of hydrogen-bond donors (Lipinski definition) is 2. The molecule has 0 amide bonds. The van der Waals surface area contributed by atoms with Gasteiger partial charge in [0, 0.05) is 18.7 Å². The third kappa shape index (κ3) is 1.11. The fourth-order valence-corrected chi connectivity index (χ4v) is 1.16. The van der Waals surface area contributed by atoms with Crippen LogP contribution in [0.3, 0.4) is 0 Å². The van der Waals surface area contributed by atoms with Crippen LogP contribution in [0, 0.1) is 0 Å². The number of rotatable bonds is 1. The van der Waals surface area contributed by atoms with Crippen LogP contribution in [0.25, 0.3) is 0 Å². The summed E-state index contributed by atoms with van der Waals surface area (Å²) in [5.41, 5.74) is 5.08. The van der Waals surface area contributed by atoms with Gasteiger partial charge < -0.3 is 5.43 Å². The van der Waals surface area contributed by atoms with E-state index in [1.165, 1.54) is 0 Å². The van der Waals surface area contributed by atoms with Gasteiger partial charge in [0.15, 0.2) is 0 Å². The van der Waals surface area contributed by atoms with Crippen LogP contribution in [-0.2, 0) is 0 Å². The highest BCUT2D eigenvalue weighted by atomic mass is 15.3. The van der Waals surface area contributed by atoms with Gasteiger partial charge in [-0.25, -0.2) is 0 Å². The Hall–Kier alpha value is -1.32. The molecule has 1 unspecified atom stereocenters. The van der Waals surface area contributed by atoms with Crippen molar-refractivity contribution >= 4 is 5.71 Å². The summed E-state index contributed by atoms with van der Waals surface area (Å²) in [5.74, 6) is 0. The maximum atomic E-state index is 4.15. The number of H-pyrrole nitrogens is 1. The van der Waals surface area contributed by atoms with E-state index < -0.39 is 0 Å². The molecule has 1 aliphatic heterocycles. The Morgan fingerprint density at radius 3 is 3.09 bits per heavy atom. The van der Waals surface area contributed by atoms with Crippen LogP contribution < -0.4 is 5.43 Å². The molecule has 0 saturated carbocycles. The van der Waals surface area contributed by atoms with Crippen LogP contribution in [-0.4, -0.2) is 22.0 Å². The molecular weight excluding hydrogens is 140 g/mol. The standard InChI is InChI=1S/C7H10N4/c1-5-4-7(11-9-5)6-2-3-8-10-6/h2-3,5,9H,4H2,1H3,(H,8,10). The Kier molecular flexibility index (Phi) is 1.38. The molecule has 4 heteroatoms. The summed E-state index contributed by atoms with van der Waals surface area (Å²) in [6.45, 7) is 2.10. The second-order valence-electron chi connectivity index (χ2n) is 2.76. The zero-order valence-electron chi connectivity index (χ0n) is 6.33. The molecule has 0 fully saturated rings. The van der Waals surface area contributed by atoms with Crippen molar-refractivity contribution in [2.75, 3.05) is 0 Å². The molecule has 0 bridgehead atoms. The van der Waals surface area contributed by atoms with Gasteiger partial charge in [-0.3, -0.25) is 5.10 Å². The van der Waals surface area contributed by atoms with Crippen molar-refractivity contribution in [2.45, 2.75) is 19.4 Å². The zero-order valence-corrected chi connectivity index (χ0v) is 6.33. The van der Waals surface area contributed by atoms with E-state index in [0.717, 1.165) is 17.8 Å². The molecule has 1 atom stereocenters. The lowest BCUT2D eigenvalue weighted by Crippen LogP contribution is -2.13. The minimum atomic E-state index is 0.452. The summed E-state index contributed by atoms with van der Waals surface area (Å²) in [6, 6.07) is 2.38. The molecular formula is C7H10N4. The SMILES string of the molecule is CC1CC(c2ccn[nH]2)=NN1. The highest BCUT2D eigenvalue weighted by Crippen LogP contribution is 2.08. The largest absolute Gasteiger partial charge is 0.307 e. The van der Waals surface area contributed by atoms with Gasteiger partial charge in [0.25, 0.3) is 0 Å². The van der Waals surface area contributed by atoms with Gasteiger partial charge >= 0.3 is 0 Å². The zero-order chi connectivity index (χ0) is 7.68. The molecule has 0 saturated heterocycles. The maximum absolute atomic E-state index is 4.15. The van der Waals surface area contributed by atoms with Gasteiger partial charge in [0.2, 0.25) is 0 Å². The highest BCUT2D eigenvalue weighted by Gasteiger charge is 2.15. The topological polar surface area (TPSA) is 53.1 Å². The van der Waals surface area contributed by atoms with Gasteiger partial charge in [0.1, 0.15) is 0 Å². The average molecular weight is 150 g/mol. The lowest BCUT2D eigenvalue weighted by atomic mass is 10.1. The lowest BCUT2D eigenvalue weighted by molar-refractivity contribution is 0.636. The molecule has 0 aliphatic carbocycles. The third-order valence-corrected chi connectivity index (χ3v) is 1.73. The summed E-state index contributed by atoms with van der Waals surface area (Å²) in [5, 5.41) is 10.9. The highest BCUT2D eigenvalue weighted by molar-refractivity contribution is 5.99. The van der Waals surface area contributed by atoms with Crippen molar-refractivity contribution in [2.24, 2.45) is 5.10 Å². The van der Waals surface area contributed by atoms with Gasteiger partial charge in [-0.15, -0.1) is 0 Å². The van der Waals surface area contributed by atoms with E-state index in [2.05, 4.69) is 27.6 Å². The number of nitrogens with one attached hydrogen (secondary N) is 2. The lowest BCUT2D eigenvalue weighted by Gasteiger charge is -1.96. The van der Waals surface area contributed by atoms with Crippen molar-refractivity contribution < 1.29 is 0 Å². The van der Waals surface area contributed by atoms with Crippen molar-refractivity contribution in [1.29, 1.82) is 0 Å². The molecule has 0 radical (unpaired) electrons. The van der Waals surface area contributed by atoms with Gasteiger partial charge in [-0.2, -0.15) is 10.2 Å². The van der Waals surface area contributed by atoms with E-state index in [9.17, 15) is 0 Å². The Morgan fingerprint density at radius 1 is 1.64 bits per heavy atom. The smallest absolute Gasteiger partial charge is 0.0874 e. The van der Waals surface area contributed by atoms with E-state index in [0.29, 0.717) is 6.04 Å². The molecule has 2 N–H and O–H groups in total. The first-order valence-corrected chi connectivity index (χ1v) is 3.68. The first-order chi connectivity index (χ1) is 5.36. The summed E-state index contributed by atoms with van der Waals surface area (Å²) in [7, 11) is 0. The van der Waals surface area contributed by atoms with Crippen molar-refractivity contribution in [3.8, 4) is 0 Å². The van der Waals surface area contributed by atoms with Gasteiger partial charge in [0.05, 0.1) is 11.4 Å². The summed E-state index contributed by atoms with van der Waals surface area (Å²) in [4.78, 5) is 0. The Bertz CT molecular complexity index is 262. The van der Waals surface area contributed by atoms with Gasteiger partial charge in [-0.1, -0.05) is 0 Å². The molecule has 0 spiro atoms. The van der Waals surface area contributed by atoms with E-state index in [-0.39, 0.29) is 0 Å². The Balaban J connectivity index is 2.19. The monoisotopic (exact) mass is 150 g/mol. The molecule has 1 aromatic rings. The van der Waals surface area contributed by atoms with Gasteiger partial charge in [-0.05, 0) is 13.0 Å². The molecule has 0 aromatic carbocycles. The second kappa shape index (κ2) is 2.38. The fourth-order valence-electron chi connectivity index (χ4n) is 1.16. The number of hydrazone groups is 1. The molecule has 4 nitrogen and oxygen atoms in total. The van der Waals surface area contributed by atoms with Crippen LogP contribution >= 0.6 is 0 Å². The number of aromatic amines is 1. The maximum Gasteiger partial charge on any atom is 0.0874 e. The quantitative estimate of drug-likeness (QED) is 0.612. The normalized spacial score (nSPS) is 23.0. The summed E-state index contributed by atoms with van der Waals surface area (Å²) >= 11 is 0. The summed E-state index contributed by atoms with van der Waals surface area (Å²) in [6.07, 6.45) is 2.71. The Labute approximate surface area is 64.7 Å². The van der Waals surface area contributed by atoms with Crippen molar-refractivity contribution in [3.63, 3.8) is 0 Å². The minimum absolute atomic E-state index is 0.452. The van der Waals surface area contributed by atoms with Crippen LogP contribution in [0.15, 0.2) is 17.4 Å². The average Bonchev–Trinajstić information content (AvgIpc) is 2.55. The predicted molar refractivity (Wildman–Crippen MR) is 42.3 cm³/mol. The first-order valence-electron chi connectivity index (χ1n) is 3.68. The number of hydrogen-bond acceptors (Lipinski definition) is 3. The molecule has 58 valence electrons. The predicted octanol–water partition coefficient (Wildman–Crippen LogP) is 0.496. The Morgan fingerprint density at radius 2 is 2.55 bits per heavy atom. The van der Waals surface area contributed by atoms with Crippen molar-refractivity contribution in [3.05, 3.63) is 18.0 Å². The molecule has 2 heterocycles. The molecule has 1 aliphatic rings. The number of nitrogens with zero attached hydrogens (tertiary/aromatic N) is 2. The molecule has 2 rings (SSSR count). The van der Waals surface area contributed by atoms with Crippen molar-refractivity contribution in [1.82, 2.24) is 15.6 Å². The number of aromatic nitrogens is 2. The molecule has 1 aromatic heterocycles. The van der Waals surface area contributed by atoms with E-state index in [1.807, 2.05) is 6.07 Å². The van der Waals surface area contributed by atoms with Crippen LogP contribution in [0.1, 0.15) is 19.0 Å². The minimum Gasteiger partial charge on any atom is -0.307 e. The van der Waals surface area contributed by atoms with E-state index in [4.69, 9.17) is 0 Å². The summed E-state index contributed by atoms with van der Waals surface area (Å²) < 4.78 is 0. The third-order valence-electron chi connectivity index (χ3n) is 1.73. The first kappa shape index (κ1) is 6.39. The van der Waals surface area contributed by atoms with E-state index >= 15 is 0 Å². The van der Waals surface area contributed by atoms with Crippen LogP contribution in [0.5, 0.6) is 0 Å².